The molecule has 2 fully saturated rings. The third kappa shape index (κ3) is 0.816. The zero-order chi connectivity index (χ0) is 6.43. The van der Waals surface area contributed by atoms with Crippen molar-refractivity contribution in [2.24, 2.45) is 5.92 Å². The van der Waals surface area contributed by atoms with E-state index >= 15 is 0 Å². The second-order valence-corrected chi connectivity index (χ2v) is 4.26. The minimum absolute atomic E-state index is 0.784. The van der Waals surface area contributed by atoms with E-state index in [-0.39, 0.29) is 0 Å². The van der Waals surface area contributed by atoms with E-state index in [1.54, 1.807) is 0 Å². The maximum absolute atomic E-state index is 3.49. The molecule has 3 heteroatoms. The monoisotopic (exact) mass is 238 g/mol. The Morgan fingerprint density at radius 3 is 2.67 bits per heavy atom. The maximum atomic E-state index is 3.49. The molecule has 0 aromatic carbocycles. The SMILES string of the molecule is CC1C2CN(I)C1CN2. The summed E-state index contributed by atoms with van der Waals surface area (Å²) in [6.45, 7) is 4.79. The van der Waals surface area contributed by atoms with Crippen LogP contribution in [0.3, 0.4) is 0 Å². The summed E-state index contributed by atoms with van der Waals surface area (Å²) in [6.07, 6.45) is 0. The number of rotatable bonds is 0. The highest BCUT2D eigenvalue weighted by molar-refractivity contribution is 14.1. The number of nitrogens with zero attached hydrogens (tertiary/aromatic N) is 1. The Balaban J connectivity index is 2.16. The quantitative estimate of drug-likeness (QED) is 0.492. The molecule has 0 amide bonds. The van der Waals surface area contributed by atoms with Crippen molar-refractivity contribution >= 4 is 22.9 Å². The molecule has 2 aliphatic heterocycles. The van der Waals surface area contributed by atoms with E-state index in [0.29, 0.717) is 0 Å². The van der Waals surface area contributed by atoms with Crippen LogP contribution in [0.25, 0.3) is 0 Å². The van der Waals surface area contributed by atoms with E-state index in [4.69, 9.17) is 0 Å². The average Bonchev–Trinajstić information content (AvgIpc) is 2.25. The lowest BCUT2D eigenvalue weighted by atomic mass is 10.1. The number of halogens is 1. The molecule has 9 heavy (non-hydrogen) atoms. The minimum atomic E-state index is 0.784. The lowest BCUT2D eigenvalue weighted by Gasteiger charge is -2.19. The highest BCUT2D eigenvalue weighted by Crippen LogP contribution is 2.31. The Bertz CT molecular complexity index is 128. The third-order valence-electron chi connectivity index (χ3n) is 2.56. The van der Waals surface area contributed by atoms with E-state index in [2.05, 4.69) is 38.2 Å². The van der Waals surface area contributed by atoms with Gasteiger partial charge in [-0.25, -0.2) is 3.11 Å². The summed E-state index contributed by atoms with van der Waals surface area (Å²) in [5, 5.41) is 3.49. The van der Waals surface area contributed by atoms with Gasteiger partial charge >= 0.3 is 0 Å². The van der Waals surface area contributed by atoms with Crippen molar-refractivity contribution in [3.05, 3.63) is 0 Å². The summed E-state index contributed by atoms with van der Waals surface area (Å²) < 4.78 is 2.43. The van der Waals surface area contributed by atoms with Crippen LogP contribution in [0.4, 0.5) is 0 Å². The highest BCUT2D eigenvalue weighted by atomic mass is 127. The van der Waals surface area contributed by atoms with Crippen molar-refractivity contribution in [3.63, 3.8) is 0 Å². The number of piperazine rings is 1. The molecule has 0 aromatic rings. The van der Waals surface area contributed by atoms with Crippen molar-refractivity contribution in [2.75, 3.05) is 13.1 Å². The first-order valence-electron chi connectivity index (χ1n) is 3.45. The second-order valence-electron chi connectivity index (χ2n) is 3.02. The van der Waals surface area contributed by atoms with E-state index in [1.807, 2.05) is 0 Å². The fourth-order valence-corrected chi connectivity index (χ4v) is 2.95. The third-order valence-corrected chi connectivity index (χ3v) is 3.67. The van der Waals surface area contributed by atoms with Crippen molar-refractivity contribution in [2.45, 2.75) is 19.0 Å². The molecule has 52 valence electrons. The smallest absolute Gasteiger partial charge is 0.0360 e. The minimum Gasteiger partial charge on any atom is -0.311 e. The van der Waals surface area contributed by atoms with Gasteiger partial charge in [0, 0.05) is 48.0 Å². The number of hydrogen-bond acceptors (Lipinski definition) is 2. The fourth-order valence-electron chi connectivity index (χ4n) is 1.82. The lowest BCUT2D eigenvalue weighted by molar-refractivity contribution is 0.406. The van der Waals surface area contributed by atoms with Crippen LogP contribution in [0.2, 0.25) is 0 Å². The normalized spacial score (nSPS) is 50.7. The van der Waals surface area contributed by atoms with Crippen LogP contribution in [0.5, 0.6) is 0 Å². The molecule has 2 heterocycles. The molecule has 1 N–H and O–H groups in total. The summed E-state index contributed by atoms with van der Waals surface area (Å²) in [5.41, 5.74) is 0. The molecule has 2 nitrogen and oxygen atoms in total. The van der Waals surface area contributed by atoms with Gasteiger partial charge in [0.25, 0.3) is 0 Å². The number of hydrogen-bond donors (Lipinski definition) is 1. The summed E-state index contributed by atoms with van der Waals surface area (Å²) in [6, 6.07) is 1.60. The molecule has 0 radical (unpaired) electrons. The maximum Gasteiger partial charge on any atom is 0.0360 e. The predicted octanol–water partition coefficient (Wildman–Crippen LogP) is 0.629. The molecule has 2 rings (SSSR count). The zero-order valence-corrected chi connectivity index (χ0v) is 7.63. The van der Waals surface area contributed by atoms with Crippen LogP contribution < -0.4 is 5.32 Å². The largest absolute Gasteiger partial charge is 0.311 e. The molecule has 0 saturated carbocycles. The molecule has 3 unspecified atom stereocenters. The summed E-state index contributed by atoms with van der Waals surface area (Å²) in [7, 11) is 0. The van der Waals surface area contributed by atoms with Crippen molar-refractivity contribution in [3.8, 4) is 0 Å². The lowest BCUT2D eigenvalue weighted by Crippen LogP contribution is -2.38. The Hall–Kier alpha value is 0.650. The van der Waals surface area contributed by atoms with Gasteiger partial charge in [0.15, 0.2) is 0 Å². The predicted molar refractivity (Wildman–Crippen MR) is 45.5 cm³/mol. The summed E-state index contributed by atoms with van der Waals surface area (Å²) in [5.74, 6) is 0.877. The van der Waals surface area contributed by atoms with Crippen molar-refractivity contribution in [1.82, 2.24) is 8.43 Å². The summed E-state index contributed by atoms with van der Waals surface area (Å²) >= 11 is 2.43. The topological polar surface area (TPSA) is 15.3 Å². The number of nitrogens with one attached hydrogen (secondary N) is 1. The highest BCUT2D eigenvalue weighted by Gasteiger charge is 2.42. The van der Waals surface area contributed by atoms with Gasteiger partial charge in [0.05, 0.1) is 0 Å². The Kier molecular flexibility index (Phi) is 1.46. The Labute approximate surface area is 69.5 Å². The van der Waals surface area contributed by atoms with Crippen LogP contribution in [0, 0.1) is 5.92 Å². The van der Waals surface area contributed by atoms with Crippen LogP contribution >= 0.6 is 22.9 Å². The molecule has 0 aromatic heterocycles. The first-order chi connectivity index (χ1) is 4.29. The molecular weight excluding hydrogens is 227 g/mol. The Morgan fingerprint density at radius 1 is 1.67 bits per heavy atom. The molecule has 2 bridgehead atoms. The van der Waals surface area contributed by atoms with Gasteiger partial charge in [0.2, 0.25) is 0 Å². The second kappa shape index (κ2) is 2.07. The molecule has 2 aliphatic rings. The van der Waals surface area contributed by atoms with Gasteiger partial charge < -0.3 is 5.32 Å². The van der Waals surface area contributed by atoms with Gasteiger partial charge in [-0.3, -0.25) is 0 Å². The van der Waals surface area contributed by atoms with E-state index < -0.39 is 0 Å². The number of fused-ring (bicyclic) bond motifs is 2. The fraction of sp³-hybridized carbons (Fsp3) is 1.00. The van der Waals surface area contributed by atoms with Gasteiger partial charge in [-0.15, -0.1) is 0 Å². The zero-order valence-electron chi connectivity index (χ0n) is 5.47. The van der Waals surface area contributed by atoms with Gasteiger partial charge in [-0.05, 0) is 5.92 Å². The van der Waals surface area contributed by atoms with E-state index in [9.17, 15) is 0 Å². The molecule has 3 atom stereocenters. The van der Waals surface area contributed by atoms with Crippen LogP contribution in [-0.2, 0) is 0 Å². The van der Waals surface area contributed by atoms with Gasteiger partial charge in [-0.2, -0.15) is 0 Å². The molecule has 0 aliphatic carbocycles. The first-order valence-corrected chi connectivity index (χ1v) is 4.41. The van der Waals surface area contributed by atoms with Crippen LogP contribution in [0.1, 0.15) is 6.92 Å². The van der Waals surface area contributed by atoms with Crippen LogP contribution in [-0.4, -0.2) is 28.3 Å². The van der Waals surface area contributed by atoms with Crippen molar-refractivity contribution in [1.29, 1.82) is 0 Å². The molecular formula is C6H11IN2. The summed E-state index contributed by atoms with van der Waals surface area (Å²) in [4.78, 5) is 0. The van der Waals surface area contributed by atoms with Crippen molar-refractivity contribution < 1.29 is 0 Å². The van der Waals surface area contributed by atoms with E-state index in [0.717, 1.165) is 18.0 Å². The van der Waals surface area contributed by atoms with Gasteiger partial charge in [0.1, 0.15) is 0 Å². The Morgan fingerprint density at radius 2 is 2.44 bits per heavy atom. The standard InChI is InChI=1S/C6H11IN2/c1-4-5-3-9(7)6(4)2-8-5/h4-6,8H,2-3H2,1H3. The first kappa shape index (κ1) is 6.37. The average molecular weight is 238 g/mol. The molecule has 0 spiro atoms. The van der Waals surface area contributed by atoms with Gasteiger partial charge in [-0.1, -0.05) is 6.92 Å². The van der Waals surface area contributed by atoms with Crippen LogP contribution in [0.15, 0.2) is 0 Å². The molecule has 2 saturated heterocycles. The van der Waals surface area contributed by atoms with E-state index in [1.165, 1.54) is 13.1 Å².